The van der Waals surface area contributed by atoms with E-state index in [-0.39, 0.29) is 0 Å². The summed E-state index contributed by atoms with van der Waals surface area (Å²) in [6, 6.07) is 0. The Balaban J connectivity index is 3.04. The van der Waals surface area contributed by atoms with Crippen LogP contribution >= 0.6 is 0 Å². The molecule has 0 heterocycles. The first kappa shape index (κ1) is 26.7. The lowest BCUT2D eigenvalue weighted by atomic mass is 10.0. The molecule has 0 heteroatoms. The highest BCUT2D eigenvalue weighted by molar-refractivity contribution is 4.81. The number of hydrogen-bond donors (Lipinski definition) is 0. The Morgan fingerprint density at radius 1 is 0.296 bits per heavy atom. The Morgan fingerprint density at radius 2 is 0.519 bits per heavy atom. The fourth-order valence-electron chi connectivity index (χ4n) is 3.91. The first-order valence-corrected chi connectivity index (χ1v) is 13.1. The minimum Gasteiger partial charge on any atom is -0.0885 e. The highest BCUT2D eigenvalue weighted by Crippen LogP contribution is 2.14. The molecular weight excluding hydrogens is 324 g/mol. The van der Waals surface area contributed by atoms with Gasteiger partial charge in [-0.05, 0) is 25.7 Å². The normalized spacial score (nSPS) is 11.6. The van der Waals surface area contributed by atoms with Gasteiger partial charge in [-0.1, -0.05) is 148 Å². The largest absolute Gasteiger partial charge is 0.0885 e. The van der Waals surface area contributed by atoms with Gasteiger partial charge in [0.1, 0.15) is 0 Å². The molecule has 0 bridgehead atoms. The second kappa shape index (κ2) is 25.7. The van der Waals surface area contributed by atoms with Crippen molar-refractivity contribution >= 4 is 0 Å². The van der Waals surface area contributed by atoms with Crippen LogP contribution in [-0.2, 0) is 0 Å². The van der Waals surface area contributed by atoms with Crippen LogP contribution in [0.3, 0.4) is 0 Å². The lowest BCUT2D eigenvalue weighted by molar-refractivity contribution is 0.536. The van der Waals surface area contributed by atoms with E-state index in [1.54, 1.807) is 0 Å². The molecule has 0 saturated heterocycles. The van der Waals surface area contributed by atoms with Gasteiger partial charge in [0.25, 0.3) is 0 Å². The quantitative estimate of drug-likeness (QED) is 0.122. The van der Waals surface area contributed by atoms with E-state index in [0.29, 0.717) is 0 Å². The molecule has 0 radical (unpaired) electrons. The van der Waals surface area contributed by atoms with Crippen LogP contribution in [-0.4, -0.2) is 0 Å². The van der Waals surface area contributed by atoms with E-state index in [2.05, 4.69) is 26.0 Å². The van der Waals surface area contributed by atoms with Crippen molar-refractivity contribution in [2.24, 2.45) is 0 Å². The number of hydrogen-bond acceptors (Lipinski definition) is 0. The van der Waals surface area contributed by atoms with E-state index in [0.717, 1.165) is 0 Å². The topological polar surface area (TPSA) is 0 Å². The summed E-state index contributed by atoms with van der Waals surface area (Å²) in [6.45, 7) is 4.59. The highest BCUT2D eigenvalue weighted by atomic mass is 14.0. The SMILES string of the molecule is CCCCCCCCC/C=C/CCCCCCCCCCCCCCCC. The first-order valence-electron chi connectivity index (χ1n) is 13.1. The number of unbranched alkanes of at least 4 members (excludes halogenated alkanes) is 21. The molecule has 0 atom stereocenters. The van der Waals surface area contributed by atoms with Crippen LogP contribution in [0.15, 0.2) is 12.2 Å². The molecule has 0 aliphatic rings. The Hall–Kier alpha value is -0.260. The van der Waals surface area contributed by atoms with E-state index in [4.69, 9.17) is 0 Å². The molecule has 0 unspecified atom stereocenters. The number of allylic oxidation sites excluding steroid dienone is 2. The predicted molar refractivity (Wildman–Crippen MR) is 127 cm³/mol. The lowest BCUT2D eigenvalue weighted by Gasteiger charge is -2.03. The summed E-state index contributed by atoms with van der Waals surface area (Å²) in [5.41, 5.74) is 0. The predicted octanol–water partition coefficient (Wildman–Crippen LogP) is 10.6. The smallest absolute Gasteiger partial charge is 0.0351 e. The maximum Gasteiger partial charge on any atom is -0.0351 e. The zero-order valence-electron chi connectivity index (χ0n) is 19.4. The van der Waals surface area contributed by atoms with Gasteiger partial charge in [-0.2, -0.15) is 0 Å². The van der Waals surface area contributed by atoms with Gasteiger partial charge in [-0.25, -0.2) is 0 Å². The molecule has 0 fully saturated rings. The average molecular weight is 379 g/mol. The van der Waals surface area contributed by atoms with Crippen molar-refractivity contribution < 1.29 is 0 Å². The summed E-state index contributed by atoms with van der Waals surface area (Å²) in [7, 11) is 0. The molecule has 0 aromatic heterocycles. The van der Waals surface area contributed by atoms with Crippen LogP contribution in [0.4, 0.5) is 0 Å². The van der Waals surface area contributed by atoms with Crippen molar-refractivity contribution in [2.45, 2.75) is 162 Å². The fraction of sp³-hybridized carbons (Fsp3) is 0.926. The lowest BCUT2D eigenvalue weighted by Crippen LogP contribution is -1.83. The van der Waals surface area contributed by atoms with Crippen LogP contribution in [0.25, 0.3) is 0 Å². The minimum absolute atomic E-state index is 1.31. The molecule has 0 aromatic rings. The molecule has 0 spiro atoms. The van der Waals surface area contributed by atoms with Crippen LogP contribution in [0.1, 0.15) is 162 Å². The molecule has 0 N–H and O–H groups in total. The monoisotopic (exact) mass is 378 g/mol. The van der Waals surface area contributed by atoms with Crippen molar-refractivity contribution in [1.29, 1.82) is 0 Å². The molecule has 27 heavy (non-hydrogen) atoms. The van der Waals surface area contributed by atoms with Crippen LogP contribution in [0.2, 0.25) is 0 Å². The highest BCUT2D eigenvalue weighted by Gasteiger charge is 1.94. The number of rotatable bonds is 23. The summed E-state index contributed by atoms with van der Waals surface area (Å²) < 4.78 is 0. The van der Waals surface area contributed by atoms with E-state index in [1.807, 2.05) is 0 Å². The molecule has 0 amide bonds. The summed E-state index contributed by atoms with van der Waals surface area (Å²) in [4.78, 5) is 0. The average Bonchev–Trinajstić information content (AvgIpc) is 2.68. The Bertz CT molecular complexity index is 265. The van der Waals surface area contributed by atoms with Gasteiger partial charge in [0.05, 0.1) is 0 Å². The van der Waals surface area contributed by atoms with Gasteiger partial charge < -0.3 is 0 Å². The molecule has 0 aliphatic heterocycles. The van der Waals surface area contributed by atoms with Crippen molar-refractivity contribution in [3.63, 3.8) is 0 Å². The van der Waals surface area contributed by atoms with Gasteiger partial charge in [0.15, 0.2) is 0 Å². The summed E-state index contributed by atoms with van der Waals surface area (Å²) in [5, 5.41) is 0. The molecular formula is C27H54. The van der Waals surface area contributed by atoms with Crippen molar-refractivity contribution in [1.82, 2.24) is 0 Å². The van der Waals surface area contributed by atoms with E-state index in [9.17, 15) is 0 Å². The van der Waals surface area contributed by atoms with Crippen LogP contribution in [0, 0.1) is 0 Å². The molecule has 0 saturated carbocycles. The van der Waals surface area contributed by atoms with Gasteiger partial charge >= 0.3 is 0 Å². The summed E-state index contributed by atoms with van der Waals surface area (Å²) >= 11 is 0. The van der Waals surface area contributed by atoms with E-state index in [1.165, 1.54) is 148 Å². The maximum absolute atomic E-state index is 2.44. The molecule has 0 nitrogen and oxygen atoms in total. The van der Waals surface area contributed by atoms with E-state index < -0.39 is 0 Å². The molecule has 162 valence electrons. The third-order valence-electron chi connectivity index (χ3n) is 5.87. The zero-order chi connectivity index (χ0) is 19.7. The van der Waals surface area contributed by atoms with E-state index >= 15 is 0 Å². The van der Waals surface area contributed by atoms with Gasteiger partial charge in [0, 0.05) is 0 Å². The zero-order valence-corrected chi connectivity index (χ0v) is 19.4. The Labute approximate surface area is 174 Å². The molecule has 0 aliphatic carbocycles. The Morgan fingerprint density at radius 3 is 0.778 bits per heavy atom. The van der Waals surface area contributed by atoms with Gasteiger partial charge in [0.2, 0.25) is 0 Å². The first-order chi connectivity index (χ1) is 13.4. The minimum atomic E-state index is 1.31. The summed E-state index contributed by atoms with van der Waals surface area (Å²) in [6.07, 6.45) is 37.9. The third-order valence-corrected chi connectivity index (χ3v) is 5.87. The second-order valence-corrected chi connectivity index (χ2v) is 8.77. The van der Waals surface area contributed by atoms with Crippen LogP contribution in [0.5, 0.6) is 0 Å². The standard InChI is InChI=1S/C27H54/c1-3-5-7-9-11-13-15-17-19-21-23-25-27-26-24-22-20-18-16-14-12-10-8-6-4-2/h19,21H,3-18,20,22-27H2,1-2H3/b21-19+. The fourth-order valence-corrected chi connectivity index (χ4v) is 3.91. The molecule has 0 rings (SSSR count). The van der Waals surface area contributed by atoms with Gasteiger partial charge in [-0.15, -0.1) is 0 Å². The van der Waals surface area contributed by atoms with Gasteiger partial charge in [-0.3, -0.25) is 0 Å². The van der Waals surface area contributed by atoms with Crippen molar-refractivity contribution in [2.75, 3.05) is 0 Å². The molecule has 0 aromatic carbocycles. The van der Waals surface area contributed by atoms with Crippen molar-refractivity contribution in [3.8, 4) is 0 Å². The third kappa shape index (κ3) is 25.7. The summed E-state index contributed by atoms with van der Waals surface area (Å²) in [5.74, 6) is 0. The Kier molecular flexibility index (Phi) is 25.5. The maximum atomic E-state index is 2.44. The van der Waals surface area contributed by atoms with Crippen molar-refractivity contribution in [3.05, 3.63) is 12.2 Å². The van der Waals surface area contributed by atoms with Crippen LogP contribution < -0.4 is 0 Å². The second-order valence-electron chi connectivity index (χ2n) is 8.77.